The number of thiophene rings is 1. The molecule has 1 aliphatic rings. The third-order valence-electron chi connectivity index (χ3n) is 6.21. The smallest absolute Gasteiger partial charge is 0.254 e. The minimum atomic E-state index is -0.559. The molecule has 178 valence electrons. The number of ether oxygens (including phenoxy) is 1. The van der Waals surface area contributed by atoms with Crippen LogP contribution in [0.2, 0.25) is 0 Å². The third-order valence-corrected chi connectivity index (χ3v) is 7.15. The lowest BCUT2D eigenvalue weighted by atomic mass is 9.81. The number of carbonyl (C=O) groups excluding carboxylic acids is 2. The van der Waals surface area contributed by atoms with Crippen LogP contribution in [0, 0.1) is 0 Å². The number of benzene rings is 2. The standard InChI is InChI=1S/C27H26N4O3S/c1-34-14-13-31-25(23-10-5-15-35-23)24(21-8-2-3-9-22(21)27(31)33)26(32)29-20-7-4-6-19(16-20)17-30-12-11-28-18-30/h2-12,15-16,18,24-25H,13-14,17H2,1H3,(H,29,32). The number of anilines is 1. The summed E-state index contributed by atoms with van der Waals surface area (Å²) in [7, 11) is 1.61. The number of rotatable bonds is 8. The van der Waals surface area contributed by atoms with E-state index in [0.717, 1.165) is 21.7 Å². The molecule has 3 heterocycles. The van der Waals surface area contributed by atoms with Gasteiger partial charge in [-0.1, -0.05) is 36.4 Å². The molecule has 8 heteroatoms. The van der Waals surface area contributed by atoms with Gasteiger partial charge in [-0.2, -0.15) is 0 Å². The van der Waals surface area contributed by atoms with E-state index in [4.69, 9.17) is 4.74 Å². The number of methoxy groups -OCH3 is 1. The molecular formula is C27H26N4O3S. The minimum absolute atomic E-state index is 0.0811. The summed E-state index contributed by atoms with van der Waals surface area (Å²) in [5.74, 6) is -0.787. The summed E-state index contributed by atoms with van der Waals surface area (Å²) in [4.78, 5) is 34.2. The van der Waals surface area contributed by atoms with Gasteiger partial charge in [0.15, 0.2) is 0 Å². The molecule has 2 aromatic carbocycles. The van der Waals surface area contributed by atoms with E-state index < -0.39 is 12.0 Å². The highest BCUT2D eigenvalue weighted by Gasteiger charge is 2.44. The quantitative estimate of drug-likeness (QED) is 0.396. The molecule has 2 aromatic heterocycles. The number of hydrogen-bond donors (Lipinski definition) is 1. The third kappa shape index (κ3) is 4.76. The topological polar surface area (TPSA) is 76.5 Å². The Morgan fingerprint density at radius 3 is 2.80 bits per heavy atom. The van der Waals surface area contributed by atoms with Crippen LogP contribution in [0.1, 0.15) is 38.3 Å². The average molecular weight is 487 g/mol. The summed E-state index contributed by atoms with van der Waals surface area (Å²) in [6, 6.07) is 18.7. The van der Waals surface area contributed by atoms with Crippen molar-refractivity contribution in [3.63, 3.8) is 0 Å². The number of amides is 2. The molecule has 5 rings (SSSR count). The van der Waals surface area contributed by atoms with Gasteiger partial charge in [-0.05, 0) is 40.8 Å². The Morgan fingerprint density at radius 2 is 2.03 bits per heavy atom. The molecule has 0 aliphatic carbocycles. The zero-order chi connectivity index (χ0) is 24.2. The molecule has 1 aliphatic heterocycles. The van der Waals surface area contributed by atoms with Crippen LogP contribution in [0.3, 0.4) is 0 Å². The molecule has 4 aromatic rings. The second-order valence-corrected chi connectivity index (χ2v) is 9.42. The summed E-state index contributed by atoms with van der Waals surface area (Å²) >= 11 is 1.55. The lowest BCUT2D eigenvalue weighted by Gasteiger charge is -2.41. The van der Waals surface area contributed by atoms with E-state index in [2.05, 4.69) is 10.3 Å². The Morgan fingerprint density at radius 1 is 1.14 bits per heavy atom. The van der Waals surface area contributed by atoms with Crippen molar-refractivity contribution < 1.29 is 14.3 Å². The van der Waals surface area contributed by atoms with Gasteiger partial charge in [-0.3, -0.25) is 9.59 Å². The largest absolute Gasteiger partial charge is 0.383 e. The lowest BCUT2D eigenvalue weighted by molar-refractivity contribution is -0.119. The van der Waals surface area contributed by atoms with Crippen molar-refractivity contribution in [1.29, 1.82) is 0 Å². The van der Waals surface area contributed by atoms with Gasteiger partial charge in [0.25, 0.3) is 5.91 Å². The minimum Gasteiger partial charge on any atom is -0.383 e. The van der Waals surface area contributed by atoms with Gasteiger partial charge in [-0.15, -0.1) is 11.3 Å². The fourth-order valence-electron chi connectivity index (χ4n) is 4.64. The highest BCUT2D eigenvalue weighted by atomic mass is 32.1. The predicted octanol–water partition coefficient (Wildman–Crippen LogP) is 4.56. The van der Waals surface area contributed by atoms with Crippen LogP contribution in [-0.4, -0.2) is 46.5 Å². The SMILES string of the molecule is COCCN1C(=O)c2ccccc2C(C(=O)Nc2cccc(Cn3ccnc3)c2)C1c1cccs1. The number of carbonyl (C=O) groups is 2. The van der Waals surface area contributed by atoms with Gasteiger partial charge in [0.2, 0.25) is 5.91 Å². The van der Waals surface area contributed by atoms with E-state index in [-0.39, 0.29) is 11.8 Å². The maximum atomic E-state index is 13.9. The molecule has 1 N–H and O–H groups in total. The first-order valence-corrected chi connectivity index (χ1v) is 12.3. The summed E-state index contributed by atoms with van der Waals surface area (Å²) in [5.41, 5.74) is 3.08. The number of imidazole rings is 1. The first kappa shape index (κ1) is 23.0. The van der Waals surface area contributed by atoms with Gasteiger partial charge in [0.05, 0.1) is 24.9 Å². The molecule has 2 atom stereocenters. The molecular weight excluding hydrogens is 460 g/mol. The van der Waals surface area contributed by atoms with Gasteiger partial charge >= 0.3 is 0 Å². The molecule has 35 heavy (non-hydrogen) atoms. The van der Waals surface area contributed by atoms with E-state index in [9.17, 15) is 9.59 Å². The van der Waals surface area contributed by atoms with E-state index in [1.807, 2.05) is 70.7 Å². The Balaban J connectivity index is 1.50. The summed E-state index contributed by atoms with van der Waals surface area (Å²) < 4.78 is 7.27. The molecule has 0 radical (unpaired) electrons. The molecule has 2 unspecified atom stereocenters. The molecule has 0 saturated heterocycles. The Kier molecular flexibility index (Phi) is 6.74. The second kappa shape index (κ2) is 10.2. The monoisotopic (exact) mass is 486 g/mol. The first-order valence-electron chi connectivity index (χ1n) is 11.4. The maximum absolute atomic E-state index is 13.9. The lowest BCUT2D eigenvalue weighted by Crippen LogP contribution is -2.47. The Labute approximate surface area is 208 Å². The first-order chi connectivity index (χ1) is 17.2. The van der Waals surface area contributed by atoms with Crippen LogP contribution in [0.25, 0.3) is 0 Å². The normalized spacial score (nSPS) is 17.3. The number of nitrogens with zero attached hydrogens (tertiary/aromatic N) is 3. The van der Waals surface area contributed by atoms with Crippen LogP contribution in [-0.2, 0) is 16.1 Å². The van der Waals surface area contributed by atoms with Gasteiger partial charge in [0, 0.05) is 48.7 Å². The van der Waals surface area contributed by atoms with Crippen molar-refractivity contribution in [2.45, 2.75) is 18.5 Å². The van der Waals surface area contributed by atoms with Crippen LogP contribution in [0.4, 0.5) is 5.69 Å². The summed E-state index contributed by atoms with van der Waals surface area (Å²) in [5, 5.41) is 5.10. The van der Waals surface area contributed by atoms with Crippen LogP contribution in [0.5, 0.6) is 0 Å². The molecule has 0 fully saturated rings. The Bertz CT molecular complexity index is 1300. The van der Waals surface area contributed by atoms with E-state index in [1.165, 1.54) is 0 Å². The zero-order valence-corrected chi connectivity index (χ0v) is 20.2. The molecule has 0 bridgehead atoms. The predicted molar refractivity (Wildman–Crippen MR) is 136 cm³/mol. The van der Waals surface area contributed by atoms with Crippen LogP contribution < -0.4 is 5.32 Å². The van der Waals surface area contributed by atoms with E-state index >= 15 is 0 Å². The fraction of sp³-hybridized carbons (Fsp3) is 0.222. The van der Waals surface area contributed by atoms with E-state index in [0.29, 0.717) is 25.3 Å². The molecule has 0 spiro atoms. The molecule has 0 saturated carbocycles. The van der Waals surface area contributed by atoms with E-state index in [1.54, 1.807) is 41.9 Å². The summed E-state index contributed by atoms with van der Waals surface area (Å²) in [6.07, 6.45) is 5.41. The van der Waals surface area contributed by atoms with Crippen molar-refractivity contribution in [2.24, 2.45) is 0 Å². The maximum Gasteiger partial charge on any atom is 0.254 e. The Hall–Kier alpha value is -3.75. The van der Waals surface area contributed by atoms with Crippen molar-refractivity contribution in [2.75, 3.05) is 25.6 Å². The molecule has 2 amide bonds. The summed E-state index contributed by atoms with van der Waals surface area (Å²) in [6.45, 7) is 1.45. The second-order valence-electron chi connectivity index (χ2n) is 8.44. The zero-order valence-electron chi connectivity index (χ0n) is 19.3. The average Bonchev–Trinajstić information content (AvgIpc) is 3.58. The number of aromatic nitrogens is 2. The van der Waals surface area contributed by atoms with Crippen LogP contribution in [0.15, 0.2) is 84.8 Å². The van der Waals surface area contributed by atoms with Crippen molar-refractivity contribution in [3.05, 3.63) is 106 Å². The van der Waals surface area contributed by atoms with Gasteiger partial charge in [0.1, 0.15) is 0 Å². The molecule has 7 nitrogen and oxygen atoms in total. The van der Waals surface area contributed by atoms with Crippen molar-refractivity contribution in [1.82, 2.24) is 14.5 Å². The highest BCUT2D eigenvalue weighted by Crippen LogP contribution is 2.44. The van der Waals surface area contributed by atoms with Crippen molar-refractivity contribution >= 4 is 28.8 Å². The fourth-order valence-corrected chi connectivity index (χ4v) is 5.52. The number of fused-ring (bicyclic) bond motifs is 1. The van der Waals surface area contributed by atoms with Crippen molar-refractivity contribution in [3.8, 4) is 0 Å². The van der Waals surface area contributed by atoms with Crippen LogP contribution >= 0.6 is 11.3 Å². The highest BCUT2D eigenvalue weighted by molar-refractivity contribution is 7.10. The van der Waals surface area contributed by atoms with Gasteiger partial charge < -0.3 is 19.5 Å². The number of hydrogen-bond acceptors (Lipinski definition) is 5. The van der Waals surface area contributed by atoms with Gasteiger partial charge in [-0.25, -0.2) is 4.98 Å². The number of nitrogens with one attached hydrogen (secondary N) is 1.